The summed E-state index contributed by atoms with van der Waals surface area (Å²) in [6.45, 7) is -1.95. The Labute approximate surface area is 122 Å². The molecule has 1 fully saturated rings. The van der Waals surface area contributed by atoms with Gasteiger partial charge in [-0.3, -0.25) is 9.36 Å². The number of aliphatic hydroxyl groups is 3. The fraction of sp³-hybridized carbons (Fsp3) is 0.545. The Kier molecular flexibility index (Phi) is 3.36. The van der Waals surface area contributed by atoms with Crippen molar-refractivity contribution in [1.29, 1.82) is 0 Å². The van der Waals surface area contributed by atoms with Crippen molar-refractivity contribution >= 4 is 17.1 Å². The number of imidazole rings is 1. The second-order valence-electron chi connectivity index (χ2n) is 5.06. The molecule has 3 heterocycles. The number of alkyl halides is 1. The quantitative estimate of drug-likeness (QED) is 0.421. The molecule has 0 unspecified atom stereocenters. The van der Waals surface area contributed by atoms with E-state index in [0.717, 1.165) is 10.9 Å². The van der Waals surface area contributed by atoms with E-state index in [1.165, 1.54) is 0 Å². The molecule has 0 aliphatic carbocycles. The van der Waals surface area contributed by atoms with Crippen molar-refractivity contribution in [3.8, 4) is 0 Å². The van der Waals surface area contributed by atoms with Crippen molar-refractivity contribution in [3.63, 3.8) is 0 Å². The molecule has 11 heteroatoms. The summed E-state index contributed by atoms with van der Waals surface area (Å²) in [5.74, 6) is -0.194. The van der Waals surface area contributed by atoms with Crippen LogP contribution in [0.4, 0.5) is 10.3 Å². The first-order chi connectivity index (χ1) is 10.4. The topological polar surface area (TPSA) is 160 Å². The van der Waals surface area contributed by atoms with Crippen LogP contribution in [0.3, 0.4) is 0 Å². The molecular weight excluding hydrogens is 301 g/mol. The molecule has 3 rings (SSSR count). The Morgan fingerprint density at radius 3 is 2.95 bits per heavy atom. The number of nitrogens with zero attached hydrogens (tertiary/aromatic N) is 3. The number of aromatic amines is 1. The van der Waals surface area contributed by atoms with Gasteiger partial charge >= 0.3 is 5.56 Å². The second kappa shape index (κ2) is 4.98. The smallest absolute Gasteiger partial charge is 0.302 e. The highest BCUT2D eigenvalue weighted by atomic mass is 19.1. The Balaban J connectivity index is 2.16. The number of hydrogen-bond acceptors (Lipinski definition) is 8. The SMILES string of the molecule is Nc1nc(=O)c2ncn([C@@H]3O[C@H](CO)[C@@H](O)[C@]3(O)CF)c2[nH]1. The number of nitrogen functional groups attached to an aromatic ring is 1. The zero-order valence-corrected chi connectivity index (χ0v) is 11.2. The average molecular weight is 315 g/mol. The van der Waals surface area contributed by atoms with Gasteiger partial charge in [-0.05, 0) is 0 Å². The zero-order chi connectivity index (χ0) is 16.1. The predicted molar refractivity (Wildman–Crippen MR) is 70.5 cm³/mol. The molecule has 1 saturated heterocycles. The van der Waals surface area contributed by atoms with Crippen molar-refractivity contribution in [2.24, 2.45) is 0 Å². The maximum absolute atomic E-state index is 13.3. The van der Waals surface area contributed by atoms with E-state index in [1.54, 1.807) is 0 Å². The normalized spacial score (nSPS) is 31.9. The highest BCUT2D eigenvalue weighted by Crippen LogP contribution is 2.39. The minimum absolute atomic E-state index is 0.0557. The number of aliphatic hydroxyl groups excluding tert-OH is 2. The highest BCUT2D eigenvalue weighted by molar-refractivity contribution is 5.70. The maximum Gasteiger partial charge on any atom is 0.302 e. The van der Waals surface area contributed by atoms with Crippen LogP contribution in [0.1, 0.15) is 6.23 Å². The third-order valence-corrected chi connectivity index (χ3v) is 3.71. The van der Waals surface area contributed by atoms with E-state index in [-0.39, 0.29) is 17.1 Å². The van der Waals surface area contributed by atoms with Gasteiger partial charge in [0.25, 0.3) is 0 Å². The summed E-state index contributed by atoms with van der Waals surface area (Å²) >= 11 is 0. The molecule has 10 nitrogen and oxygen atoms in total. The average Bonchev–Trinajstić information content (AvgIpc) is 3.00. The molecular formula is C11H14FN5O5. The Hall–Kier alpha value is -2.08. The molecule has 4 atom stereocenters. The van der Waals surface area contributed by atoms with Crippen LogP contribution in [-0.4, -0.2) is 65.9 Å². The first kappa shape index (κ1) is 14.8. The number of rotatable bonds is 3. The van der Waals surface area contributed by atoms with E-state index in [2.05, 4.69) is 15.0 Å². The van der Waals surface area contributed by atoms with Crippen LogP contribution in [0.5, 0.6) is 0 Å². The van der Waals surface area contributed by atoms with Crippen LogP contribution < -0.4 is 11.3 Å². The van der Waals surface area contributed by atoms with E-state index in [9.17, 15) is 19.4 Å². The molecule has 120 valence electrons. The molecule has 6 N–H and O–H groups in total. The van der Waals surface area contributed by atoms with Gasteiger partial charge in [-0.25, -0.2) is 9.37 Å². The van der Waals surface area contributed by atoms with Crippen LogP contribution in [-0.2, 0) is 4.74 Å². The summed E-state index contributed by atoms with van der Waals surface area (Å²) in [4.78, 5) is 21.6. The maximum atomic E-state index is 13.3. The minimum atomic E-state index is -2.31. The molecule has 0 amide bonds. The number of halogens is 1. The van der Waals surface area contributed by atoms with E-state index in [0.29, 0.717) is 0 Å². The number of nitrogens with two attached hydrogens (primary N) is 1. The lowest BCUT2D eigenvalue weighted by molar-refractivity contribution is -0.118. The van der Waals surface area contributed by atoms with Crippen molar-refractivity contribution in [2.75, 3.05) is 19.0 Å². The largest absolute Gasteiger partial charge is 0.394 e. The van der Waals surface area contributed by atoms with Crippen LogP contribution in [0.15, 0.2) is 11.1 Å². The fourth-order valence-corrected chi connectivity index (χ4v) is 2.55. The Morgan fingerprint density at radius 1 is 1.59 bits per heavy atom. The van der Waals surface area contributed by atoms with E-state index in [4.69, 9.17) is 15.6 Å². The lowest BCUT2D eigenvalue weighted by Crippen LogP contribution is -2.48. The lowest BCUT2D eigenvalue weighted by atomic mass is 9.95. The van der Waals surface area contributed by atoms with E-state index in [1.807, 2.05) is 0 Å². The van der Waals surface area contributed by atoms with Gasteiger partial charge in [0.1, 0.15) is 24.5 Å². The molecule has 1 aliphatic rings. The van der Waals surface area contributed by atoms with Crippen LogP contribution >= 0.6 is 0 Å². The number of ether oxygens (including phenoxy) is 1. The predicted octanol–water partition coefficient (Wildman–Crippen LogP) is -2.35. The number of H-pyrrole nitrogens is 1. The summed E-state index contributed by atoms with van der Waals surface area (Å²) in [5.41, 5.74) is 2.42. The van der Waals surface area contributed by atoms with Crippen LogP contribution in [0.2, 0.25) is 0 Å². The third kappa shape index (κ3) is 1.90. The van der Waals surface area contributed by atoms with Crippen molar-refractivity contribution in [1.82, 2.24) is 19.5 Å². The highest BCUT2D eigenvalue weighted by Gasteiger charge is 2.56. The summed E-state index contributed by atoms with van der Waals surface area (Å²) in [6, 6.07) is 0. The Morgan fingerprint density at radius 2 is 2.32 bits per heavy atom. The number of aromatic nitrogens is 4. The second-order valence-corrected chi connectivity index (χ2v) is 5.06. The van der Waals surface area contributed by atoms with Gasteiger partial charge in [0, 0.05) is 0 Å². The van der Waals surface area contributed by atoms with Crippen LogP contribution in [0, 0.1) is 0 Å². The lowest BCUT2D eigenvalue weighted by Gasteiger charge is -2.28. The third-order valence-electron chi connectivity index (χ3n) is 3.71. The molecule has 2 aromatic heterocycles. The van der Waals surface area contributed by atoms with Crippen molar-refractivity contribution < 1.29 is 24.4 Å². The molecule has 0 saturated carbocycles. The summed E-state index contributed by atoms with van der Waals surface area (Å²) in [5, 5.41) is 29.4. The Bertz CT molecular complexity index is 763. The van der Waals surface area contributed by atoms with E-state index < -0.39 is 42.9 Å². The van der Waals surface area contributed by atoms with Gasteiger partial charge in [0.2, 0.25) is 5.95 Å². The summed E-state index contributed by atoms with van der Waals surface area (Å²) in [6.07, 6.45) is -3.13. The number of fused-ring (bicyclic) bond motifs is 1. The van der Waals surface area contributed by atoms with E-state index >= 15 is 0 Å². The monoisotopic (exact) mass is 315 g/mol. The summed E-state index contributed by atoms with van der Waals surface area (Å²) in [7, 11) is 0. The molecule has 0 radical (unpaired) electrons. The minimum Gasteiger partial charge on any atom is -0.394 e. The molecule has 2 aromatic rings. The van der Waals surface area contributed by atoms with Gasteiger partial charge in [-0.1, -0.05) is 0 Å². The van der Waals surface area contributed by atoms with Crippen LogP contribution in [0.25, 0.3) is 11.2 Å². The molecule has 1 aliphatic heterocycles. The van der Waals surface area contributed by atoms with Gasteiger partial charge in [-0.15, -0.1) is 0 Å². The first-order valence-corrected chi connectivity index (χ1v) is 6.37. The number of anilines is 1. The number of nitrogens with one attached hydrogen (secondary N) is 1. The van der Waals surface area contributed by atoms with Crippen molar-refractivity contribution in [2.45, 2.75) is 24.0 Å². The molecule has 0 spiro atoms. The standard InChI is InChI=1S/C11H14FN5O5/c12-2-11(21)6(19)4(1-18)22-9(11)17-3-14-5-7(17)15-10(13)16-8(5)20/h3-4,6,9,18-19,21H,1-2H2,(H3,13,15,16,20)/t4-,6-,9-,11-/m1/s1. The fourth-order valence-electron chi connectivity index (χ4n) is 2.55. The zero-order valence-electron chi connectivity index (χ0n) is 11.2. The first-order valence-electron chi connectivity index (χ1n) is 6.37. The van der Waals surface area contributed by atoms with Gasteiger partial charge in [0.15, 0.2) is 17.3 Å². The van der Waals surface area contributed by atoms with Crippen molar-refractivity contribution in [3.05, 3.63) is 16.7 Å². The van der Waals surface area contributed by atoms with Gasteiger partial charge in [0.05, 0.1) is 12.9 Å². The summed E-state index contributed by atoms with van der Waals surface area (Å²) < 4.78 is 19.8. The van der Waals surface area contributed by atoms with Gasteiger partial charge in [-0.2, -0.15) is 4.98 Å². The molecule has 0 bridgehead atoms. The molecule has 22 heavy (non-hydrogen) atoms. The van der Waals surface area contributed by atoms with Gasteiger partial charge < -0.3 is 30.8 Å². The molecule has 0 aromatic carbocycles. The number of hydrogen-bond donors (Lipinski definition) is 5.